The van der Waals surface area contributed by atoms with Crippen LogP contribution in [0.5, 0.6) is 0 Å². The van der Waals surface area contributed by atoms with Crippen LogP contribution in [-0.4, -0.2) is 33.3 Å². The van der Waals surface area contributed by atoms with Crippen molar-refractivity contribution in [2.45, 2.75) is 51.8 Å². The number of Topliss-reactive ketones (excluding diaryl/α,β-unsaturated/α-hetero) is 1. The van der Waals surface area contributed by atoms with E-state index in [-0.39, 0.29) is 22.5 Å². The first-order valence-electron chi connectivity index (χ1n) is 8.76. The van der Waals surface area contributed by atoms with Crippen LogP contribution in [0, 0.1) is 0 Å². The van der Waals surface area contributed by atoms with E-state index in [0.717, 1.165) is 16.7 Å². The smallest absolute Gasteiger partial charge is 0.243 e. The molecule has 1 N–H and O–H groups in total. The van der Waals surface area contributed by atoms with E-state index in [0.29, 0.717) is 18.5 Å². The summed E-state index contributed by atoms with van der Waals surface area (Å²) in [6.45, 7) is 10.7. The Morgan fingerprint density at radius 3 is 2.52 bits per heavy atom. The molecule has 5 heteroatoms. The summed E-state index contributed by atoms with van der Waals surface area (Å²) in [4.78, 5) is 24.6. The van der Waals surface area contributed by atoms with Crippen molar-refractivity contribution < 1.29 is 9.59 Å². The quantitative estimate of drug-likeness (QED) is 0.586. The molecule has 0 fully saturated rings. The normalized spacial score (nSPS) is 13.0. The van der Waals surface area contributed by atoms with Crippen LogP contribution in [-0.2, 0) is 4.79 Å². The Balaban J connectivity index is 2.19. The number of fused-ring (bicyclic) bond motifs is 1. The Morgan fingerprint density at radius 1 is 1.24 bits per heavy atom. The Hall–Kier alpha value is -1.75. The predicted molar refractivity (Wildman–Crippen MR) is 106 cm³/mol. The SMILES string of the molecule is CC[C@H](C(=O)NCCSC(C)(C)C)n1cc(C(C)=O)c2ccccc21. The predicted octanol–water partition coefficient (Wildman–Crippen LogP) is 4.44. The third-order valence-electron chi connectivity index (χ3n) is 4.08. The van der Waals surface area contributed by atoms with Gasteiger partial charge in [-0.25, -0.2) is 0 Å². The van der Waals surface area contributed by atoms with Gasteiger partial charge in [-0.15, -0.1) is 0 Å². The summed E-state index contributed by atoms with van der Waals surface area (Å²) < 4.78 is 2.14. The topological polar surface area (TPSA) is 51.1 Å². The molecule has 2 rings (SSSR count). The molecule has 1 aromatic carbocycles. The number of aromatic nitrogens is 1. The molecule has 1 atom stereocenters. The van der Waals surface area contributed by atoms with Crippen molar-refractivity contribution >= 4 is 34.4 Å². The van der Waals surface area contributed by atoms with Gasteiger partial charge < -0.3 is 9.88 Å². The molecule has 1 amide bonds. The fraction of sp³-hybridized carbons (Fsp3) is 0.500. The number of rotatable bonds is 7. The molecular weight excluding hydrogens is 332 g/mol. The zero-order valence-electron chi connectivity index (χ0n) is 15.8. The summed E-state index contributed by atoms with van der Waals surface area (Å²) in [7, 11) is 0. The van der Waals surface area contributed by atoms with Gasteiger partial charge in [-0.1, -0.05) is 45.9 Å². The summed E-state index contributed by atoms with van der Waals surface area (Å²) in [5.74, 6) is 0.913. The van der Waals surface area contributed by atoms with Crippen LogP contribution in [0.4, 0.5) is 0 Å². The molecule has 0 saturated carbocycles. The van der Waals surface area contributed by atoms with Gasteiger partial charge in [-0.3, -0.25) is 9.59 Å². The number of thioether (sulfide) groups is 1. The molecule has 136 valence electrons. The fourth-order valence-corrected chi connectivity index (χ4v) is 3.72. The van der Waals surface area contributed by atoms with Crippen LogP contribution in [0.25, 0.3) is 10.9 Å². The Morgan fingerprint density at radius 2 is 1.92 bits per heavy atom. The summed E-state index contributed by atoms with van der Waals surface area (Å²) in [6, 6.07) is 7.45. The third kappa shape index (κ3) is 4.88. The van der Waals surface area contributed by atoms with Crippen LogP contribution in [0.3, 0.4) is 0 Å². The first kappa shape index (κ1) is 19.6. The van der Waals surface area contributed by atoms with Gasteiger partial charge in [0.25, 0.3) is 0 Å². The molecular formula is C20H28N2O2S. The van der Waals surface area contributed by atoms with Crippen molar-refractivity contribution in [3.05, 3.63) is 36.0 Å². The van der Waals surface area contributed by atoms with Gasteiger partial charge in [0.1, 0.15) is 6.04 Å². The van der Waals surface area contributed by atoms with Crippen molar-refractivity contribution in [1.82, 2.24) is 9.88 Å². The minimum absolute atomic E-state index is 0.00728. The first-order valence-corrected chi connectivity index (χ1v) is 9.75. The zero-order valence-corrected chi connectivity index (χ0v) is 16.6. The van der Waals surface area contributed by atoms with Crippen molar-refractivity contribution in [3.63, 3.8) is 0 Å². The van der Waals surface area contributed by atoms with Gasteiger partial charge in [-0.05, 0) is 19.4 Å². The molecule has 1 aromatic heterocycles. The number of carbonyl (C=O) groups excluding carboxylic acids is 2. The second-order valence-electron chi connectivity index (χ2n) is 7.20. The number of amides is 1. The molecule has 2 aromatic rings. The van der Waals surface area contributed by atoms with Gasteiger partial charge in [0.2, 0.25) is 5.91 Å². The maximum absolute atomic E-state index is 12.7. The molecule has 0 saturated heterocycles. The van der Waals surface area contributed by atoms with Gasteiger partial charge in [-0.2, -0.15) is 11.8 Å². The van der Waals surface area contributed by atoms with Crippen molar-refractivity contribution in [2.75, 3.05) is 12.3 Å². The number of nitrogens with one attached hydrogen (secondary N) is 1. The van der Waals surface area contributed by atoms with E-state index < -0.39 is 0 Å². The lowest BCUT2D eigenvalue weighted by Gasteiger charge is -2.20. The molecule has 0 unspecified atom stereocenters. The lowest BCUT2D eigenvalue weighted by Crippen LogP contribution is -2.34. The molecule has 4 nitrogen and oxygen atoms in total. The Bertz CT molecular complexity index is 759. The number of ketones is 1. The van der Waals surface area contributed by atoms with E-state index in [1.165, 1.54) is 0 Å². The van der Waals surface area contributed by atoms with E-state index in [1.54, 1.807) is 6.92 Å². The second kappa shape index (κ2) is 8.09. The van der Waals surface area contributed by atoms with E-state index >= 15 is 0 Å². The summed E-state index contributed by atoms with van der Waals surface area (Å²) >= 11 is 1.84. The molecule has 0 radical (unpaired) electrons. The highest BCUT2D eigenvalue weighted by atomic mass is 32.2. The summed E-state index contributed by atoms with van der Waals surface area (Å²) in [6.07, 6.45) is 2.50. The molecule has 0 aliphatic rings. The number of hydrogen-bond acceptors (Lipinski definition) is 3. The molecule has 0 spiro atoms. The number of para-hydroxylation sites is 1. The fourth-order valence-electron chi connectivity index (χ4n) is 2.90. The monoisotopic (exact) mass is 360 g/mol. The molecule has 25 heavy (non-hydrogen) atoms. The van der Waals surface area contributed by atoms with Gasteiger partial charge >= 0.3 is 0 Å². The van der Waals surface area contributed by atoms with Crippen molar-refractivity contribution in [2.24, 2.45) is 0 Å². The first-order chi connectivity index (χ1) is 11.7. The van der Waals surface area contributed by atoms with E-state index in [1.807, 2.05) is 53.7 Å². The number of carbonyl (C=O) groups is 2. The van der Waals surface area contributed by atoms with Crippen LogP contribution >= 0.6 is 11.8 Å². The second-order valence-corrected chi connectivity index (χ2v) is 9.12. The Kier molecular flexibility index (Phi) is 6.33. The summed E-state index contributed by atoms with van der Waals surface area (Å²) in [5.41, 5.74) is 1.60. The lowest BCUT2D eigenvalue weighted by molar-refractivity contribution is -0.124. The highest BCUT2D eigenvalue weighted by Gasteiger charge is 2.22. The van der Waals surface area contributed by atoms with Gasteiger partial charge in [0.05, 0.1) is 0 Å². The molecule has 0 bridgehead atoms. The van der Waals surface area contributed by atoms with Crippen LogP contribution < -0.4 is 5.32 Å². The van der Waals surface area contributed by atoms with E-state index in [9.17, 15) is 9.59 Å². The van der Waals surface area contributed by atoms with Crippen LogP contribution in [0.15, 0.2) is 30.5 Å². The van der Waals surface area contributed by atoms with Crippen LogP contribution in [0.1, 0.15) is 57.4 Å². The van der Waals surface area contributed by atoms with Crippen molar-refractivity contribution in [1.29, 1.82) is 0 Å². The average Bonchev–Trinajstić information content (AvgIpc) is 2.91. The Labute approximate surface area is 154 Å². The minimum Gasteiger partial charge on any atom is -0.353 e. The largest absolute Gasteiger partial charge is 0.353 e. The highest BCUT2D eigenvalue weighted by Crippen LogP contribution is 2.27. The standard InChI is InChI=1S/C20H28N2O2S/c1-6-17(19(24)21-11-12-25-20(3,4)5)22-13-16(14(2)23)15-9-7-8-10-18(15)22/h7-10,13,17H,6,11-12H2,1-5H3,(H,21,24)/t17-/m1/s1. The van der Waals surface area contributed by atoms with E-state index in [4.69, 9.17) is 0 Å². The zero-order chi connectivity index (χ0) is 18.6. The molecule has 0 aliphatic carbocycles. The lowest BCUT2D eigenvalue weighted by atomic mass is 10.1. The van der Waals surface area contributed by atoms with Gasteiger partial charge in [0.15, 0.2) is 5.78 Å². The van der Waals surface area contributed by atoms with Gasteiger partial charge in [0, 0.05) is 39.7 Å². The minimum atomic E-state index is -0.308. The summed E-state index contributed by atoms with van der Waals surface area (Å²) in [5, 5.41) is 3.95. The highest BCUT2D eigenvalue weighted by molar-refractivity contribution is 8.00. The van der Waals surface area contributed by atoms with Crippen LogP contribution in [0.2, 0.25) is 0 Å². The van der Waals surface area contributed by atoms with E-state index in [2.05, 4.69) is 26.1 Å². The average molecular weight is 361 g/mol. The number of benzene rings is 1. The van der Waals surface area contributed by atoms with Crippen molar-refractivity contribution in [3.8, 4) is 0 Å². The number of nitrogens with zero attached hydrogens (tertiary/aromatic N) is 1. The molecule has 0 aliphatic heterocycles. The number of hydrogen-bond donors (Lipinski definition) is 1. The molecule has 1 heterocycles. The third-order valence-corrected chi connectivity index (χ3v) is 5.36. The maximum atomic E-state index is 12.7. The maximum Gasteiger partial charge on any atom is 0.243 e.